The number of rotatable bonds is 8. The van der Waals surface area contributed by atoms with Crippen LogP contribution in [-0.2, 0) is 19.1 Å². The molecule has 0 spiro atoms. The Labute approximate surface area is 164 Å². The fraction of sp³-hybridized carbons (Fsp3) is 0.550. The first-order valence-corrected chi connectivity index (χ1v) is 9.87. The van der Waals surface area contributed by atoms with Gasteiger partial charge < -0.3 is 20.7 Å². The zero-order chi connectivity index (χ0) is 19.7. The number of amides is 3. The van der Waals surface area contributed by atoms with Crippen molar-refractivity contribution < 1.29 is 19.1 Å². The Morgan fingerprint density at radius 1 is 1.21 bits per heavy atom. The molecular weight excluding hydrogens is 360 g/mol. The van der Waals surface area contributed by atoms with Gasteiger partial charge in [0.25, 0.3) is 11.8 Å². The van der Waals surface area contributed by atoms with Crippen LogP contribution in [0.4, 0.5) is 11.4 Å². The van der Waals surface area contributed by atoms with Crippen LogP contribution in [0.25, 0.3) is 0 Å². The molecule has 4 rings (SSSR count). The monoisotopic (exact) mass is 386 g/mol. The van der Waals surface area contributed by atoms with E-state index < -0.39 is 17.9 Å². The topological polar surface area (TPSA) is 105 Å². The predicted octanol–water partition coefficient (Wildman–Crippen LogP) is 0.717. The molecule has 1 heterocycles. The van der Waals surface area contributed by atoms with Crippen LogP contribution in [0.15, 0.2) is 24.3 Å². The second-order valence-corrected chi connectivity index (χ2v) is 7.81. The van der Waals surface area contributed by atoms with Crippen molar-refractivity contribution in [3.63, 3.8) is 0 Å². The van der Waals surface area contributed by atoms with E-state index in [0.29, 0.717) is 24.8 Å². The van der Waals surface area contributed by atoms with Gasteiger partial charge >= 0.3 is 0 Å². The van der Waals surface area contributed by atoms with Gasteiger partial charge in [0, 0.05) is 30.5 Å². The first kappa shape index (κ1) is 18.9. The molecule has 1 aromatic carbocycles. The molecule has 2 saturated carbocycles. The van der Waals surface area contributed by atoms with Crippen molar-refractivity contribution >= 4 is 29.1 Å². The number of carbonyl (C=O) groups is 3. The highest BCUT2D eigenvalue weighted by Gasteiger charge is 2.42. The number of nitrogens with one attached hydrogen (secondary N) is 1. The van der Waals surface area contributed by atoms with Crippen LogP contribution in [0.3, 0.4) is 0 Å². The lowest BCUT2D eigenvalue weighted by Crippen LogP contribution is -2.53. The van der Waals surface area contributed by atoms with Gasteiger partial charge in [-0.05, 0) is 55.9 Å². The molecule has 0 aromatic heterocycles. The smallest absolute Gasteiger partial charge is 0.253 e. The van der Waals surface area contributed by atoms with Gasteiger partial charge in [-0.15, -0.1) is 0 Å². The summed E-state index contributed by atoms with van der Waals surface area (Å²) in [5.41, 5.74) is 6.92. The second kappa shape index (κ2) is 7.89. The quantitative estimate of drug-likeness (QED) is 0.641. The standard InChI is InChI=1S/C20H26N4O4/c21-19(26)18(24(16-7-8-16)11-13-1-2-13)20(27)22-14-3-5-15(6-4-14)23-9-10-28-12-17(23)25/h3-6,13,16,18H,1-2,7-12H2,(H2,21,26)(H,22,27)/t18-/m0/s1. The zero-order valence-electron chi connectivity index (χ0n) is 15.8. The number of hydrogen-bond acceptors (Lipinski definition) is 5. The van der Waals surface area contributed by atoms with Gasteiger partial charge in [0.1, 0.15) is 6.61 Å². The number of hydrogen-bond donors (Lipinski definition) is 2. The van der Waals surface area contributed by atoms with E-state index >= 15 is 0 Å². The lowest BCUT2D eigenvalue weighted by atomic mass is 10.1. The summed E-state index contributed by atoms with van der Waals surface area (Å²) < 4.78 is 5.14. The van der Waals surface area contributed by atoms with Gasteiger partial charge in [0.15, 0.2) is 6.04 Å². The van der Waals surface area contributed by atoms with Gasteiger partial charge in [-0.3, -0.25) is 19.3 Å². The maximum atomic E-state index is 12.8. The molecule has 3 N–H and O–H groups in total. The van der Waals surface area contributed by atoms with Crippen LogP contribution in [-0.4, -0.2) is 61.0 Å². The molecule has 0 radical (unpaired) electrons. The van der Waals surface area contributed by atoms with Crippen molar-refractivity contribution in [2.75, 3.05) is 36.5 Å². The van der Waals surface area contributed by atoms with Crippen LogP contribution in [0, 0.1) is 5.92 Å². The Bertz CT molecular complexity index is 758. The first-order valence-electron chi connectivity index (χ1n) is 9.87. The fourth-order valence-electron chi connectivity index (χ4n) is 3.64. The van der Waals surface area contributed by atoms with Gasteiger partial charge in [0.05, 0.1) is 6.61 Å². The van der Waals surface area contributed by atoms with Gasteiger partial charge in [-0.2, -0.15) is 0 Å². The summed E-state index contributed by atoms with van der Waals surface area (Å²) in [4.78, 5) is 40.5. The number of carbonyl (C=O) groups excluding carboxylic acids is 3. The molecule has 1 saturated heterocycles. The molecular formula is C20H26N4O4. The Morgan fingerprint density at radius 3 is 2.50 bits per heavy atom. The molecule has 150 valence electrons. The molecule has 3 fully saturated rings. The number of ether oxygens (including phenoxy) is 1. The van der Waals surface area contributed by atoms with Crippen molar-refractivity contribution in [2.45, 2.75) is 37.8 Å². The number of morpholine rings is 1. The van der Waals surface area contributed by atoms with E-state index in [1.807, 2.05) is 4.90 Å². The third-order valence-corrected chi connectivity index (χ3v) is 5.46. The van der Waals surface area contributed by atoms with E-state index in [2.05, 4.69) is 5.32 Å². The van der Waals surface area contributed by atoms with E-state index in [9.17, 15) is 14.4 Å². The number of nitrogens with zero attached hydrogens (tertiary/aromatic N) is 2. The Balaban J connectivity index is 1.43. The molecule has 1 aliphatic heterocycles. The van der Waals surface area contributed by atoms with Crippen LogP contribution >= 0.6 is 0 Å². The molecule has 3 amide bonds. The summed E-state index contributed by atoms with van der Waals surface area (Å²) in [5.74, 6) is -0.520. The van der Waals surface area contributed by atoms with Gasteiger partial charge in [-0.1, -0.05) is 0 Å². The summed E-state index contributed by atoms with van der Waals surface area (Å²) in [5, 5.41) is 2.81. The van der Waals surface area contributed by atoms with Crippen molar-refractivity contribution in [2.24, 2.45) is 11.7 Å². The van der Waals surface area contributed by atoms with E-state index in [1.165, 1.54) is 0 Å². The van der Waals surface area contributed by atoms with Crippen molar-refractivity contribution in [1.82, 2.24) is 4.90 Å². The van der Waals surface area contributed by atoms with Crippen molar-refractivity contribution in [3.05, 3.63) is 24.3 Å². The fourth-order valence-corrected chi connectivity index (χ4v) is 3.64. The highest BCUT2D eigenvalue weighted by molar-refractivity contribution is 6.09. The molecule has 1 aromatic rings. The highest BCUT2D eigenvalue weighted by atomic mass is 16.5. The normalized spacial score (nSPS) is 20.9. The SMILES string of the molecule is NC(=O)[C@@H](C(=O)Nc1ccc(N2CCOCC2=O)cc1)N(CC1CC1)C1CC1. The summed E-state index contributed by atoms with van der Waals surface area (Å²) in [6.45, 7) is 1.84. The van der Waals surface area contributed by atoms with E-state index in [-0.39, 0.29) is 18.6 Å². The summed E-state index contributed by atoms with van der Waals surface area (Å²) in [6.07, 6.45) is 4.31. The largest absolute Gasteiger partial charge is 0.370 e. The van der Waals surface area contributed by atoms with E-state index in [4.69, 9.17) is 10.5 Å². The molecule has 3 aliphatic rings. The molecule has 0 bridgehead atoms. The van der Waals surface area contributed by atoms with Crippen LogP contribution in [0.1, 0.15) is 25.7 Å². The van der Waals surface area contributed by atoms with Crippen LogP contribution in [0.2, 0.25) is 0 Å². The molecule has 28 heavy (non-hydrogen) atoms. The lowest BCUT2D eigenvalue weighted by molar-refractivity contribution is -0.133. The molecule has 8 heteroatoms. The molecule has 2 aliphatic carbocycles. The number of anilines is 2. The van der Waals surface area contributed by atoms with E-state index in [0.717, 1.165) is 37.9 Å². The Morgan fingerprint density at radius 2 is 1.93 bits per heavy atom. The predicted molar refractivity (Wildman–Crippen MR) is 104 cm³/mol. The second-order valence-electron chi connectivity index (χ2n) is 7.81. The minimum absolute atomic E-state index is 0.0801. The molecule has 1 atom stereocenters. The minimum atomic E-state index is -0.950. The van der Waals surface area contributed by atoms with E-state index in [1.54, 1.807) is 29.2 Å². The maximum Gasteiger partial charge on any atom is 0.253 e. The van der Waals surface area contributed by atoms with Gasteiger partial charge in [-0.25, -0.2) is 0 Å². The number of benzene rings is 1. The average Bonchev–Trinajstić information content (AvgIpc) is 3.56. The third kappa shape index (κ3) is 4.34. The third-order valence-electron chi connectivity index (χ3n) is 5.46. The van der Waals surface area contributed by atoms with Crippen LogP contribution in [0.5, 0.6) is 0 Å². The van der Waals surface area contributed by atoms with Crippen molar-refractivity contribution in [1.29, 1.82) is 0 Å². The summed E-state index contributed by atoms with van der Waals surface area (Å²) >= 11 is 0. The lowest BCUT2D eigenvalue weighted by Gasteiger charge is -2.29. The average molecular weight is 386 g/mol. The Hall–Kier alpha value is -2.45. The molecule has 0 unspecified atom stereocenters. The zero-order valence-corrected chi connectivity index (χ0v) is 15.8. The highest BCUT2D eigenvalue weighted by Crippen LogP contribution is 2.36. The number of primary amides is 1. The van der Waals surface area contributed by atoms with Crippen molar-refractivity contribution in [3.8, 4) is 0 Å². The summed E-state index contributed by atoms with van der Waals surface area (Å²) in [7, 11) is 0. The summed E-state index contributed by atoms with van der Waals surface area (Å²) in [6, 6.07) is 6.35. The Kier molecular flexibility index (Phi) is 5.32. The van der Waals surface area contributed by atoms with Gasteiger partial charge in [0.2, 0.25) is 5.91 Å². The van der Waals surface area contributed by atoms with Crippen LogP contribution < -0.4 is 16.0 Å². The minimum Gasteiger partial charge on any atom is -0.370 e. The molecule has 8 nitrogen and oxygen atoms in total. The number of nitrogens with two attached hydrogens (primary N) is 1. The maximum absolute atomic E-state index is 12.8. The first-order chi connectivity index (χ1) is 13.5.